The van der Waals surface area contributed by atoms with E-state index in [0.717, 1.165) is 12.5 Å². The standard InChI is InChI=1S/C12H25N/c1-5-8-12(7-3)10-13-9-11(4)6-2/h10-11,13H,5-9H2,1-4H3/b12-10-. The molecule has 0 aliphatic heterocycles. The van der Waals surface area contributed by atoms with Crippen molar-refractivity contribution < 1.29 is 0 Å². The molecule has 0 aromatic heterocycles. The fourth-order valence-corrected chi connectivity index (χ4v) is 1.22. The van der Waals surface area contributed by atoms with Gasteiger partial charge >= 0.3 is 0 Å². The van der Waals surface area contributed by atoms with Gasteiger partial charge in [-0.15, -0.1) is 0 Å². The molecule has 0 aromatic carbocycles. The van der Waals surface area contributed by atoms with Crippen LogP contribution in [0.1, 0.15) is 53.4 Å². The lowest BCUT2D eigenvalue weighted by Gasteiger charge is -2.09. The van der Waals surface area contributed by atoms with Crippen LogP contribution in [0.25, 0.3) is 0 Å². The quantitative estimate of drug-likeness (QED) is 0.634. The maximum atomic E-state index is 3.41. The van der Waals surface area contributed by atoms with Crippen molar-refractivity contribution in [1.29, 1.82) is 0 Å². The Bertz CT molecular complexity index is 138. The van der Waals surface area contributed by atoms with E-state index in [4.69, 9.17) is 0 Å². The third kappa shape index (κ3) is 6.68. The second kappa shape index (κ2) is 8.15. The SMILES string of the molecule is CCC/C(=C\NCC(C)CC)CC. The highest BCUT2D eigenvalue weighted by atomic mass is 14.8. The molecule has 1 nitrogen and oxygen atoms in total. The van der Waals surface area contributed by atoms with Crippen LogP contribution in [0.5, 0.6) is 0 Å². The highest BCUT2D eigenvalue weighted by molar-refractivity contribution is 4.99. The summed E-state index contributed by atoms with van der Waals surface area (Å²) < 4.78 is 0. The summed E-state index contributed by atoms with van der Waals surface area (Å²) in [5, 5.41) is 3.41. The molecule has 13 heavy (non-hydrogen) atoms. The molecule has 1 atom stereocenters. The van der Waals surface area contributed by atoms with Gasteiger partial charge in [0.15, 0.2) is 0 Å². The van der Waals surface area contributed by atoms with Crippen molar-refractivity contribution in [2.24, 2.45) is 5.92 Å². The van der Waals surface area contributed by atoms with Gasteiger partial charge in [-0.2, -0.15) is 0 Å². The molecule has 78 valence electrons. The van der Waals surface area contributed by atoms with Gasteiger partial charge in [0.05, 0.1) is 0 Å². The van der Waals surface area contributed by atoms with Gasteiger partial charge in [0, 0.05) is 6.54 Å². The second-order valence-corrected chi connectivity index (χ2v) is 3.83. The first-order valence-electron chi connectivity index (χ1n) is 5.65. The summed E-state index contributed by atoms with van der Waals surface area (Å²) in [6, 6.07) is 0. The van der Waals surface area contributed by atoms with E-state index in [1.807, 2.05) is 0 Å². The van der Waals surface area contributed by atoms with Gasteiger partial charge in [-0.05, 0) is 25.0 Å². The van der Waals surface area contributed by atoms with Crippen LogP contribution in [0.4, 0.5) is 0 Å². The molecular weight excluding hydrogens is 158 g/mol. The topological polar surface area (TPSA) is 12.0 Å². The second-order valence-electron chi connectivity index (χ2n) is 3.83. The maximum Gasteiger partial charge on any atom is 0.0167 e. The van der Waals surface area contributed by atoms with Crippen molar-refractivity contribution in [2.75, 3.05) is 6.54 Å². The van der Waals surface area contributed by atoms with Crippen LogP contribution in [0.2, 0.25) is 0 Å². The molecule has 0 amide bonds. The fraction of sp³-hybridized carbons (Fsp3) is 0.833. The Morgan fingerprint density at radius 3 is 2.46 bits per heavy atom. The van der Waals surface area contributed by atoms with Crippen LogP contribution in [0.3, 0.4) is 0 Å². The molecule has 1 heteroatoms. The highest BCUT2D eigenvalue weighted by Gasteiger charge is 1.96. The van der Waals surface area contributed by atoms with E-state index < -0.39 is 0 Å². The Balaban J connectivity index is 3.65. The lowest BCUT2D eigenvalue weighted by Crippen LogP contribution is -2.15. The summed E-state index contributed by atoms with van der Waals surface area (Å²) in [5.74, 6) is 0.788. The zero-order valence-corrected chi connectivity index (χ0v) is 9.69. The molecule has 0 heterocycles. The van der Waals surface area contributed by atoms with E-state index in [-0.39, 0.29) is 0 Å². The van der Waals surface area contributed by atoms with Crippen molar-refractivity contribution >= 4 is 0 Å². The Kier molecular flexibility index (Phi) is 7.86. The molecular formula is C12H25N. The van der Waals surface area contributed by atoms with Crippen molar-refractivity contribution in [3.63, 3.8) is 0 Å². The first kappa shape index (κ1) is 12.5. The lowest BCUT2D eigenvalue weighted by molar-refractivity contribution is 0.537. The number of hydrogen-bond acceptors (Lipinski definition) is 1. The summed E-state index contributed by atoms with van der Waals surface area (Å²) in [6.07, 6.45) is 7.15. The normalized spacial score (nSPS) is 14.3. The monoisotopic (exact) mass is 183 g/mol. The van der Waals surface area contributed by atoms with Crippen molar-refractivity contribution in [3.05, 3.63) is 11.8 Å². The van der Waals surface area contributed by atoms with Gasteiger partial charge in [-0.25, -0.2) is 0 Å². The molecule has 0 aliphatic rings. The number of hydrogen-bond donors (Lipinski definition) is 1. The van der Waals surface area contributed by atoms with Gasteiger partial charge in [0.2, 0.25) is 0 Å². The first-order valence-corrected chi connectivity index (χ1v) is 5.65. The van der Waals surface area contributed by atoms with Crippen LogP contribution < -0.4 is 5.32 Å². The van der Waals surface area contributed by atoms with Crippen LogP contribution in [0.15, 0.2) is 11.8 Å². The van der Waals surface area contributed by atoms with Crippen molar-refractivity contribution in [1.82, 2.24) is 5.32 Å². The largest absolute Gasteiger partial charge is 0.391 e. The van der Waals surface area contributed by atoms with E-state index in [2.05, 4.69) is 39.2 Å². The number of nitrogens with one attached hydrogen (secondary N) is 1. The molecule has 0 fully saturated rings. The Labute approximate surface area is 83.6 Å². The van der Waals surface area contributed by atoms with Crippen molar-refractivity contribution in [2.45, 2.75) is 53.4 Å². The molecule has 0 aliphatic carbocycles. The number of rotatable bonds is 7. The third-order valence-corrected chi connectivity index (χ3v) is 2.49. The predicted molar refractivity (Wildman–Crippen MR) is 60.7 cm³/mol. The van der Waals surface area contributed by atoms with Crippen LogP contribution in [-0.2, 0) is 0 Å². The molecule has 0 spiro atoms. The molecule has 0 radical (unpaired) electrons. The van der Waals surface area contributed by atoms with Gasteiger partial charge in [0.25, 0.3) is 0 Å². The fourth-order valence-electron chi connectivity index (χ4n) is 1.22. The average molecular weight is 183 g/mol. The first-order chi connectivity index (χ1) is 6.24. The predicted octanol–water partition coefficient (Wildman–Crippen LogP) is 3.72. The maximum absolute atomic E-state index is 3.41. The molecule has 0 saturated carbocycles. The third-order valence-electron chi connectivity index (χ3n) is 2.49. The zero-order valence-electron chi connectivity index (χ0n) is 9.69. The molecule has 0 saturated heterocycles. The highest BCUT2D eigenvalue weighted by Crippen LogP contribution is 2.07. The van der Waals surface area contributed by atoms with E-state index in [1.54, 1.807) is 5.57 Å². The lowest BCUT2D eigenvalue weighted by atomic mass is 10.1. The van der Waals surface area contributed by atoms with E-state index in [1.165, 1.54) is 25.7 Å². The minimum absolute atomic E-state index is 0.788. The zero-order chi connectivity index (χ0) is 10.1. The van der Waals surface area contributed by atoms with Crippen molar-refractivity contribution in [3.8, 4) is 0 Å². The van der Waals surface area contributed by atoms with E-state index >= 15 is 0 Å². The molecule has 1 N–H and O–H groups in total. The molecule has 0 aromatic rings. The Morgan fingerprint density at radius 2 is 2.00 bits per heavy atom. The summed E-state index contributed by atoms with van der Waals surface area (Å²) in [5.41, 5.74) is 1.55. The summed E-state index contributed by atoms with van der Waals surface area (Å²) in [7, 11) is 0. The van der Waals surface area contributed by atoms with E-state index in [0.29, 0.717) is 0 Å². The molecule has 0 bridgehead atoms. The van der Waals surface area contributed by atoms with Gasteiger partial charge < -0.3 is 5.32 Å². The number of allylic oxidation sites excluding steroid dienone is 1. The molecule has 1 unspecified atom stereocenters. The smallest absolute Gasteiger partial charge is 0.0167 e. The van der Waals surface area contributed by atoms with E-state index in [9.17, 15) is 0 Å². The summed E-state index contributed by atoms with van der Waals surface area (Å²) in [4.78, 5) is 0. The van der Waals surface area contributed by atoms with Crippen LogP contribution >= 0.6 is 0 Å². The summed E-state index contributed by atoms with van der Waals surface area (Å²) >= 11 is 0. The van der Waals surface area contributed by atoms with Crippen LogP contribution in [0, 0.1) is 5.92 Å². The summed E-state index contributed by atoms with van der Waals surface area (Å²) in [6.45, 7) is 10.1. The average Bonchev–Trinajstić information content (AvgIpc) is 2.16. The minimum Gasteiger partial charge on any atom is -0.391 e. The Morgan fingerprint density at radius 1 is 1.31 bits per heavy atom. The minimum atomic E-state index is 0.788. The Hall–Kier alpha value is -0.460. The van der Waals surface area contributed by atoms with Gasteiger partial charge in [-0.1, -0.05) is 46.1 Å². The van der Waals surface area contributed by atoms with Gasteiger partial charge in [0.1, 0.15) is 0 Å². The van der Waals surface area contributed by atoms with Crippen LogP contribution in [-0.4, -0.2) is 6.54 Å². The molecule has 0 rings (SSSR count). The van der Waals surface area contributed by atoms with Gasteiger partial charge in [-0.3, -0.25) is 0 Å².